The number of carbonyl (C=O) groups excluding carboxylic acids is 2. The van der Waals surface area contributed by atoms with E-state index in [9.17, 15) is 18.0 Å². The molecule has 210 valence electrons. The molecule has 4 rings (SSSR count). The molecule has 1 aliphatic rings. The lowest BCUT2D eigenvalue weighted by atomic mass is 10.1. The molecule has 2 N–H and O–H groups in total. The Bertz CT molecular complexity index is 1450. The highest BCUT2D eigenvalue weighted by atomic mass is 32.2. The predicted molar refractivity (Wildman–Crippen MR) is 154 cm³/mol. The van der Waals surface area contributed by atoms with E-state index in [1.54, 1.807) is 20.8 Å². The third kappa shape index (κ3) is 6.87. The Morgan fingerprint density at radius 3 is 2.72 bits per heavy atom. The molecule has 0 unspecified atom stereocenters. The van der Waals surface area contributed by atoms with Gasteiger partial charge < -0.3 is 20.3 Å². The Balaban J connectivity index is 1.36. The van der Waals surface area contributed by atoms with E-state index in [1.807, 2.05) is 17.5 Å². The van der Waals surface area contributed by atoms with Gasteiger partial charge in [-0.15, -0.1) is 11.3 Å². The third-order valence-electron chi connectivity index (χ3n) is 6.52. The van der Waals surface area contributed by atoms with Gasteiger partial charge in [-0.25, -0.2) is 17.4 Å². The molecule has 1 aromatic carbocycles. The summed E-state index contributed by atoms with van der Waals surface area (Å²) in [5.41, 5.74) is 3.38. The molecule has 0 spiro atoms. The third-order valence-corrected chi connectivity index (χ3v) is 9.41. The van der Waals surface area contributed by atoms with Gasteiger partial charge in [0.2, 0.25) is 15.9 Å². The summed E-state index contributed by atoms with van der Waals surface area (Å²) in [6.07, 6.45) is 2.61. The molecule has 1 fully saturated rings. The largest absolute Gasteiger partial charge is 0.374 e. The summed E-state index contributed by atoms with van der Waals surface area (Å²) in [5.74, 6) is -0.971. The van der Waals surface area contributed by atoms with E-state index in [1.165, 1.54) is 23.6 Å². The van der Waals surface area contributed by atoms with Crippen molar-refractivity contribution in [2.75, 3.05) is 29.9 Å². The smallest absolute Gasteiger partial charge is 0.253 e. The number of aromatic nitrogens is 2. The first-order valence-corrected chi connectivity index (χ1v) is 15.3. The van der Waals surface area contributed by atoms with Crippen LogP contribution in [0.3, 0.4) is 0 Å². The molecule has 2 atom stereocenters. The van der Waals surface area contributed by atoms with E-state index in [2.05, 4.69) is 46.5 Å². The molecule has 0 saturated carbocycles. The maximum absolute atomic E-state index is 12.6. The van der Waals surface area contributed by atoms with Crippen molar-refractivity contribution >= 4 is 44.0 Å². The number of aryl methyl sites for hydroxylation is 1. The number of rotatable bonds is 8. The number of carbonyl (C=O) groups is 2. The number of anilines is 2. The maximum Gasteiger partial charge on any atom is 0.253 e. The van der Waals surface area contributed by atoms with Crippen LogP contribution in [0.4, 0.5) is 10.8 Å². The summed E-state index contributed by atoms with van der Waals surface area (Å²) in [4.78, 5) is 31.9. The van der Waals surface area contributed by atoms with Gasteiger partial charge in [0.05, 0.1) is 35.3 Å². The zero-order valence-electron chi connectivity index (χ0n) is 22.8. The second kappa shape index (κ2) is 11.9. The van der Waals surface area contributed by atoms with E-state index in [-0.39, 0.29) is 24.3 Å². The van der Waals surface area contributed by atoms with E-state index in [0.29, 0.717) is 10.8 Å². The van der Waals surface area contributed by atoms with Crippen LogP contribution in [0.1, 0.15) is 50.2 Å². The van der Waals surface area contributed by atoms with Crippen molar-refractivity contribution in [3.8, 4) is 11.3 Å². The van der Waals surface area contributed by atoms with Crippen LogP contribution in [0, 0.1) is 6.92 Å². The van der Waals surface area contributed by atoms with Crippen LogP contribution in [0.5, 0.6) is 0 Å². The summed E-state index contributed by atoms with van der Waals surface area (Å²) < 4.78 is 32.0. The summed E-state index contributed by atoms with van der Waals surface area (Å²) >= 11 is 1.30. The molecule has 2 amide bonds. The fourth-order valence-electron chi connectivity index (χ4n) is 4.41. The van der Waals surface area contributed by atoms with Gasteiger partial charge in [0.25, 0.3) is 5.91 Å². The van der Waals surface area contributed by atoms with Crippen LogP contribution in [-0.2, 0) is 19.6 Å². The van der Waals surface area contributed by atoms with Crippen molar-refractivity contribution in [3.05, 3.63) is 53.2 Å². The number of nitrogens with zero attached hydrogens (tertiary/aromatic N) is 3. The molecule has 39 heavy (non-hydrogen) atoms. The summed E-state index contributed by atoms with van der Waals surface area (Å²) in [5, 5.41) is 6.92. The Morgan fingerprint density at radius 2 is 1.97 bits per heavy atom. The second-order valence-corrected chi connectivity index (χ2v) is 13.3. The molecule has 1 aliphatic heterocycles. The number of hydrogen-bond donors (Lipinski definition) is 2. The lowest BCUT2D eigenvalue weighted by Crippen LogP contribution is -2.32. The van der Waals surface area contributed by atoms with E-state index < -0.39 is 27.1 Å². The van der Waals surface area contributed by atoms with Crippen LogP contribution in [0.25, 0.3) is 11.3 Å². The minimum absolute atomic E-state index is 0.143. The molecule has 10 nitrogen and oxygen atoms in total. The number of nitrogens with one attached hydrogen (secondary N) is 2. The maximum atomic E-state index is 12.6. The van der Waals surface area contributed by atoms with Gasteiger partial charge in [-0.2, -0.15) is 0 Å². The number of hydrogen-bond acceptors (Lipinski definition) is 8. The molecular weight excluding hydrogens is 538 g/mol. The molecular formula is C27H35N5O5S2. The van der Waals surface area contributed by atoms with Gasteiger partial charge in [-0.3, -0.25) is 9.59 Å². The summed E-state index contributed by atoms with van der Waals surface area (Å²) in [7, 11) is -3.59. The van der Waals surface area contributed by atoms with Crippen molar-refractivity contribution in [2.45, 2.75) is 58.5 Å². The molecule has 2 aromatic heterocycles. The van der Waals surface area contributed by atoms with Crippen LogP contribution >= 0.6 is 11.3 Å². The van der Waals surface area contributed by atoms with Crippen LogP contribution in [0.2, 0.25) is 0 Å². The second-order valence-electron chi connectivity index (χ2n) is 10.1. The monoisotopic (exact) mass is 573 g/mol. The first kappa shape index (κ1) is 28.8. The lowest BCUT2D eigenvalue weighted by Gasteiger charge is -2.24. The van der Waals surface area contributed by atoms with Crippen LogP contribution < -0.4 is 15.5 Å². The fraction of sp³-hybridized carbons (Fsp3) is 0.444. The quantitative estimate of drug-likeness (QED) is 0.419. The lowest BCUT2D eigenvalue weighted by molar-refractivity contribution is -0.115. The molecule has 0 radical (unpaired) electrons. The van der Waals surface area contributed by atoms with Gasteiger partial charge in [-0.05, 0) is 59.2 Å². The molecule has 12 heteroatoms. The number of benzene rings is 1. The van der Waals surface area contributed by atoms with Gasteiger partial charge in [0, 0.05) is 41.6 Å². The Hall–Kier alpha value is -3.22. The zero-order chi connectivity index (χ0) is 28.3. The van der Waals surface area contributed by atoms with Crippen LogP contribution in [0.15, 0.2) is 41.9 Å². The molecule has 0 aliphatic carbocycles. The van der Waals surface area contributed by atoms with Crippen LogP contribution in [-0.4, -0.2) is 66.3 Å². The zero-order valence-corrected chi connectivity index (χ0v) is 24.4. The normalized spacial score (nSPS) is 18.2. The Kier molecular flexibility index (Phi) is 8.77. The highest BCUT2D eigenvalue weighted by Gasteiger charge is 2.23. The standard InChI is InChI=1S/C27H35N5O5S2/c1-17(2)39(35,36)32-15-22(11-18(32)3)26(34)28-13-25(33)30-27-29-24(16-38-27)21-7-6-8-23(12-21)31-10-9-19(4)37-20(5)14-31/h6-8,11-12,15-17,19-20H,9-10,13-14H2,1-5H3,(H,28,34)(H,29,30,33)/t19-,20+/m1/s1. The minimum atomic E-state index is -3.59. The summed E-state index contributed by atoms with van der Waals surface area (Å²) in [6.45, 7) is 10.4. The highest BCUT2D eigenvalue weighted by Crippen LogP contribution is 2.29. The van der Waals surface area contributed by atoms with Crippen molar-refractivity contribution in [2.24, 2.45) is 0 Å². The highest BCUT2D eigenvalue weighted by molar-refractivity contribution is 7.90. The average molecular weight is 574 g/mol. The first-order chi connectivity index (χ1) is 18.4. The molecule has 3 heterocycles. The summed E-state index contributed by atoms with van der Waals surface area (Å²) in [6, 6.07) is 9.64. The molecule has 1 saturated heterocycles. The van der Waals surface area contributed by atoms with Gasteiger partial charge in [0.1, 0.15) is 0 Å². The Morgan fingerprint density at radius 1 is 1.21 bits per heavy atom. The molecule has 0 bridgehead atoms. The number of ether oxygens (including phenoxy) is 1. The van der Waals surface area contributed by atoms with Crippen molar-refractivity contribution in [1.82, 2.24) is 14.3 Å². The van der Waals surface area contributed by atoms with Gasteiger partial charge in [-0.1, -0.05) is 12.1 Å². The first-order valence-electron chi connectivity index (χ1n) is 12.9. The van der Waals surface area contributed by atoms with Crippen molar-refractivity contribution in [3.63, 3.8) is 0 Å². The number of thiazole rings is 1. The van der Waals surface area contributed by atoms with Gasteiger partial charge >= 0.3 is 0 Å². The topological polar surface area (TPSA) is 123 Å². The van der Waals surface area contributed by atoms with E-state index >= 15 is 0 Å². The molecule has 3 aromatic rings. The predicted octanol–water partition coefficient (Wildman–Crippen LogP) is 3.88. The minimum Gasteiger partial charge on any atom is -0.374 e. The SMILES string of the molecule is Cc1cc(C(=O)NCC(=O)Nc2nc(-c3cccc(N4CC[C@@H](C)O[C@@H](C)C4)c3)cs2)cn1S(=O)(=O)C(C)C. The Labute approximate surface area is 233 Å². The van der Waals surface area contributed by atoms with E-state index in [4.69, 9.17) is 4.74 Å². The van der Waals surface area contributed by atoms with E-state index in [0.717, 1.165) is 40.4 Å². The van der Waals surface area contributed by atoms with Crippen molar-refractivity contribution < 1.29 is 22.7 Å². The number of amides is 2. The average Bonchev–Trinajstić information content (AvgIpc) is 3.47. The van der Waals surface area contributed by atoms with Gasteiger partial charge in [0.15, 0.2) is 5.13 Å². The van der Waals surface area contributed by atoms with Crippen molar-refractivity contribution in [1.29, 1.82) is 0 Å². The fourth-order valence-corrected chi connectivity index (χ4v) is 6.32.